The summed E-state index contributed by atoms with van der Waals surface area (Å²) in [6.45, 7) is 2.66. The molecule has 1 heterocycles. The van der Waals surface area contributed by atoms with E-state index in [-0.39, 0.29) is 46.9 Å². The van der Waals surface area contributed by atoms with E-state index in [1.807, 2.05) is 11.8 Å². The van der Waals surface area contributed by atoms with E-state index < -0.39 is 6.36 Å². The minimum atomic E-state index is -4.76. The standard InChI is InChI=1S/C18H25F3N4OS.HI/c19-18(20,21)26-15-6-2-1-5-14(15)24-16(22)23-13-17(7-3-4-8-17)25-9-11-27-12-10-25;/h1-2,5-6H,3-4,7-13H2,(H3,22,23,24);1H. The minimum absolute atomic E-state index is 0. The molecule has 10 heteroatoms. The number of rotatable bonds is 5. The number of nitrogens with two attached hydrogens (primary N) is 1. The molecule has 1 aromatic carbocycles. The first-order chi connectivity index (χ1) is 12.9. The van der Waals surface area contributed by atoms with Crippen LogP contribution in [0.5, 0.6) is 5.75 Å². The number of ether oxygens (including phenoxy) is 1. The third-order valence-electron chi connectivity index (χ3n) is 5.14. The molecule has 0 aromatic heterocycles. The fraction of sp³-hybridized carbons (Fsp3) is 0.611. The molecule has 1 saturated heterocycles. The molecule has 0 spiro atoms. The number of anilines is 1. The van der Waals surface area contributed by atoms with Crippen LogP contribution < -0.4 is 15.8 Å². The molecule has 2 aliphatic rings. The molecule has 1 aliphatic carbocycles. The summed E-state index contributed by atoms with van der Waals surface area (Å²) in [5.74, 6) is 2.03. The Labute approximate surface area is 184 Å². The third-order valence-corrected chi connectivity index (χ3v) is 6.08. The van der Waals surface area contributed by atoms with E-state index in [0.717, 1.165) is 37.4 Å². The van der Waals surface area contributed by atoms with Crippen LogP contribution in [0.1, 0.15) is 25.7 Å². The molecule has 0 unspecified atom stereocenters. The second kappa shape index (κ2) is 10.2. The van der Waals surface area contributed by atoms with Gasteiger partial charge >= 0.3 is 6.36 Å². The van der Waals surface area contributed by atoms with Crippen molar-refractivity contribution in [3.8, 4) is 5.75 Å². The Morgan fingerprint density at radius 3 is 2.50 bits per heavy atom. The number of para-hydroxylation sites is 2. The summed E-state index contributed by atoms with van der Waals surface area (Å²) in [5.41, 5.74) is 6.15. The lowest BCUT2D eigenvalue weighted by Gasteiger charge is -2.42. The SMILES string of the molecule is I.NC(=NCC1(N2CCSCC2)CCCC1)Nc1ccccc1OC(F)(F)F. The maximum Gasteiger partial charge on any atom is 0.573 e. The Hall–Kier alpha value is -0.880. The molecule has 158 valence electrons. The first-order valence-electron chi connectivity index (χ1n) is 9.13. The van der Waals surface area contributed by atoms with Gasteiger partial charge in [0, 0.05) is 30.1 Å². The van der Waals surface area contributed by atoms with Gasteiger partial charge in [-0.3, -0.25) is 9.89 Å². The van der Waals surface area contributed by atoms with Crippen molar-refractivity contribution in [2.75, 3.05) is 36.5 Å². The van der Waals surface area contributed by atoms with Crippen LogP contribution in [0.2, 0.25) is 0 Å². The van der Waals surface area contributed by atoms with Crippen LogP contribution in [0.25, 0.3) is 0 Å². The van der Waals surface area contributed by atoms with Crippen molar-refractivity contribution in [3.05, 3.63) is 24.3 Å². The van der Waals surface area contributed by atoms with E-state index in [1.54, 1.807) is 6.07 Å². The molecule has 0 bridgehead atoms. The Morgan fingerprint density at radius 2 is 1.86 bits per heavy atom. The predicted molar refractivity (Wildman–Crippen MR) is 119 cm³/mol. The van der Waals surface area contributed by atoms with Crippen LogP contribution in [-0.4, -0.2) is 53.9 Å². The topological polar surface area (TPSA) is 62.9 Å². The number of hydrogen-bond donors (Lipinski definition) is 2. The summed E-state index contributed by atoms with van der Waals surface area (Å²) < 4.78 is 41.7. The normalized spacial score (nSPS) is 20.5. The average Bonchev–Trinajstić information content (AvgIpc) is 3.12. The van der Waals surface area contributed by atoms with Gasteiger partial charge in [-0.15, -0.1) is 37.1 Å². The number of halogens is 4. The Kier molecular flexibility index (Phi) is 8.56. The number of guanidine groups is 1. The van der Waals surface area contributed by atoms with Crippen molar-refractivity contribution in [3.63, 3.8) is 0 Å². The van der Waals surface area contributed by atoms with Gasteiger partial charge in [0.15, 0.2) is 11.7 Å². The van der Waals surface area contributed by atoms with Crippen molar-refractivity contribution in [1.82, 2.24) is 4.90 Å². The number of benzene rings is 1. The zero-order valence-corrected chi connectivity index (χ0v) is 18.7. The van der Waals surface area contributed by atoms with Crippen LogP contribution in [0, 0.1) is 0 Å². The van der Waals surface area contributed by atoms with Gasteiger partial charge in [0.2, 0.25) is 0 Å². The molecule has 0 amide bonds. The fourth-order valence-electron chi connectivity index (χ4n) is 3.84. The van der Waals surface area contributed by atoms with E-state index in [9.17, 15) is 13.2 Å². The van der Waals surface area contributed by atoms with Gasteiger partial charge in [-0.05, 0) is 25.0 Å². The van der Waals surface area contributed by atoms with Crippen LogP contribution in [0.3, 0.4) is 0 Å². The number of aliphatic imine (C=N–C) groups is 1. The van der Waals surface area contributed by atoms with Crippen molar-refractivity contribution >= 4 is 47.4 Å². The van der Waals surface area contributed by atoms with E-state index in [1.165, 1.54) is 31.0 Å². The van der Waals surface area contributed by atoms with Crippen molar-refractivity contribution in [1.29, 1.82) is 0 Å². The summed E-state index contributed by atoms with van der Waals surface area (Å²) >= 11 is 1.97. The fourth-order valence-corrected chi connectivity index (χ4v) is 4.74. The first kappa shape index (κ1) is 23.4. The van der Waals surface area contributed by atoms with E-state index in [2.05, 4.69) is 19.9 Å². The maximum absolute atomic E-state index is 12.5. The first-order valence-corrected chi connectivity index (χ1v) is 10.3. The van der Waals surface area contributed by atoms with Crippen LogP contribution in [-0.2, 0) is 0 Å². The van der Waals surface area contributed by atoms with Crippen molar-refractivity contribution in [2.24, 2.45) is 10.7 Å². The van der Waals surface area contributed by atoms with Crippen LogP contribution in [0.15, 0.2) is 29.3 Å². The quantitative estimate of drug-likeness (QED) is 0.338. The number of alkyl halides is 3. The third kappa shape index (κ3) is 6.31. The predicted octanol–water partition coefficient (Wildman–Crippen LogP) is 4.29. The highest BCUT2D eigenvalue weighted by atomic mass is 127. The monoisotopic (exact) mass is 530 g/mol. The molecule has 5 nitrogen and oxygen atoms in total. The average molecular weight is 530 g/mol. The molecular formula is C18H26F3IN4OS. The number of nitrogens with one attached hydrogen (secondary N) is 1. The molecule has 3 rings (SSSR count). The number of thioether (sulfide) groups is 1. The molecule has 0 radical (unpaired) electrons. The molecule has 1 saturated carbocycles. The Balaban J connectivity index is 0.00000280. The van der Waals surface area contributed by atoms with Crippen LogP contribution in [0.4, 0.5) is 18.9 Å². The Bertz CT molecular complexity index is 662. The van der Waals surface area contributed by atoms with Gasteiger partial charge < -0.3 is 15.8 Å². The van der Waals surface area contributed by atoms with Gasteiger partial charge in [-0.25, -0.2) is 0 Å². The van der Waals surface area contributed by atoms with Crippen molar-refractivity contribution < 1.29 is 17.9 Å². The van der Waals surface area contributed by atoms with E-state index in [0.29, 0.717) is 6.54 Å². The number of hydrogen-bond acceptors (Lipinski definition) is 4. The van der Waals surface area contributed by atoms with Gasteiger partial charge in [-0.2, -0.15) is 11.8 Å². The van der Waals surface area contributed by atoms with E-state index in [4.69, 9.17) is 5.73 Å². The summed E-state index contributed by atoms with van der Waals surface area (Å²) in [5, 5.41) is 2.76. The highest BCUT2D eigenvalue weighted by Gasteiger charge is 2.40. The largest absolute Gasteiger partial charge is 0.573 e. The zero-order chi connectivity index (χ0) is 19.3. The molecule has 0 atom stereocenters. The number of nitrogens with zero attached hydrogens (tertiary/aromatic N) is 2. The van der Waals surface area contributed by atoms with Gasteiger partial charge in [-0.1, -0.05) is 25.0 Å². The van der Waals surface area contributed by atoms with Crippen molar-refractivity contribution in [2.45, 2.75) is 37.6 Å². The molecular weight excluding hydrogens is 504 g/mol. The van der Waals surface area contributed by atoms with Gasteiger partial charge in [0.1, 0.15) is 0 Å². The maximum atomic E-state index is 12.5. The zero-order valence-electron chi connectivity index (χ0n) is 15.5. The second-order valence-corrected chi connectivity index (χ2v) is 8.13. The van der Waals surface area contributed by atoms with Crippen LogP contribution >= 0.6 is 35.7 Å². The molecule has 3 N–H and O–H groups in total. The smallest absolute Gasteiger partial charge is 0.404 e. The second-order valence-electron chi connectivity index (χ2n) is 6.90. The summed E-state index contributed by atoms with van der Waals surface area (Å²) in [6.07, 6.45) is -0.238. The Morgan fingerprint density at radius 1 is 1.21 bits per heavy atom. The lowest BCUT2D eigenvalue weighted by molar-refractivity contribution is -0.274. The van der Waals surface area contributed by atoms with E-state index >= 15 is 0 Å². The molecule has 1 aliphatic heterocycles. The lowest BCUT2D eigenvalue weighted by atomic mass is 9.95. The highest BCUT2D eigenvalue weighted by Crippen LogP contribution is 2.37. The highest BCUT2D eigenvalue weighted by molar-refractivity contribution is 14.0. The summed E-state index contributed by atoms with van der Waals surface area (Å²) in [6, 6.07) is 5.81. The summed E-state index contributed by atoms with van der Waals surface area (Å²) in [4.78, 5) is 7.01. The summed E-state index contributed by atoms with van der Waals surface area (Å²) in [7, 11) is 0. The lowest BCUT2D eigenvalue weighted by Crippen LogP contribution is -2.52. The van der Waals surface area contributed by atoms with Gasteiger partial charge in [0.05, 0.1) is 12.2 Å². The molecule has 1 aromatic rings. The minimum Gasteiger partial charge on any atom is -0.404 e. The molecule has 28 heavy (non-hydrogen) atoms. The van der Waals surface area contributed by atoms with Gasteiger partial charge in [0.25, 0.3) is 0 Å². The molecule has 2 fully saturated rings.